The lowest BCUT2D eigenvalue weighted by Crippen LogP contribution is -1.99. The maximum absolute atomic E-state index is 11.9. The number of hydrogen-bond acceptors (Lipinski definition) is 2. The van der Waals surface area contributed by atoms with Gasteiger partial charge in [-0.15, -0.1) is 0 Å². The Kier molecular flexibility index (Phi) is 6.52. The first-order valence-corrected chi connectivity index (χ1v) is 7.21. The molecular formula is C15H24F2N4. The minimum absolute atomic E-state index is 0.204. The van der Waals surface area contributed by atoms with Gasteiger partial charge in [-0.3, -0.25) is 4.68 Å². The van der Waals surface area contributed by atoms with Gasteiger partial charge in [-0.05, 0) is 30.9 Å². The normalized spacial score (nSPS) is 11.1. The van der Waals surface area contributed by atoms with E-state index in [4.69, 9.17) is 0 Å². The van der Waals surface area contributed by atoms with Crippen LogP contribution in [0.5, 0.6) is 0 Å². The zero-order valence-electron chi connectivity index (χ0n) is 13.3. The molecule has 0 radical (unpaired) electrons. The summed E-state index contributed by atoms with van der Waals surface area (Å²) in [7, 11) is 0. The molecule has 0 aliphatic rings. The van der Waals surface area contributed by atoms with Crippen molar-refractivity contribution in [2.45, 2.75) is 59.5 Å². The highest BCUT2D eigenvalue weighted by molar-refractivity contribution is 5.04. The molecule has 0 saturated heterocycles. The van der Waals surface area contributed by atoms with Gasteiger partial charge in [0.25, 0.3) is 0 Å². The van der Waals surface area contributed by atoms with E-state index >= 15 is 0 Å². The van der Waals surface area contributed by atoms with Crippen LogP contribution in [-0.4, -0.2) is 19.6 Å². The van der Waals surface area contributed by atoms with Crippen molar-refractivity contribution in [2.24, 2.45) is 0 Å². The average Bonchev–Trinajstić information content (AvgIpc) is 3.08. The minimum atomic E-state index is -2.53. The Morgan fingerprint density at radius 3 is 1.76 bits per heavy atom. The SMILES string of the molecule is CC(C)c1ccn(C(F)F)n1.CCn1ccc(C(C)C)n1. The summed E-state index contributed by atoms with van der Waals surface area (Å²) in [6.45, 7) is 8.67. The van der Waals surface area contributed by atoms with Crippen molar-refractivity contribution in [3.05, 3.63) is 35.9 Å². The van der Waals surface area contributed by atoms with Crippen molar-refractivity contribution in [1.82, 2.24) is 19.6 Å². The predicted octanol–water partition coefficient (Wildman–Crippen LogP) is 4.43. The maximum atomic E-state index is 11.9. The van der Waals surface area contributed by atoms with E-state index in [-0.39, 0.29) is 5.92 Å². The van der Waals surface area contributed by atoms with Gasteiger partial charge in [0, 0.05) is 18.9 Å². The van der Waals surface area contributed by atoms with Gasteiger partial charge in [-0.2, -0.15) is 19.0 Å². The molecule has 21 heavy (non-hydrogen) atoms. The zero-order chi connectivity index (χ0) is 16.0. The van der Waals surface area contributed by atoms with Gasteiger partial charge in [0.05, 0.1) is 11.4 Å². The maximum Gasteiger partial charge on any atom is 0.333 e. The molecule has 0 atom stereocenters. The molecule has 2 heterocycles. The monoisotopic (exact) mass is 298 g/mol. The van der Waals surface area contributed by atoms with E-state index in [0.29, 0.717) is 16.3 Å². The van der Waals surface area contributed by atoms with Crippen molar-refractivity contribution in [2.75, 3.05) is 0 Å². The molecule has 2 aromatic rings. The van der Waals surface area contributed by atoms with Gasteiger partial charge >= 0.3 is 6.55 Å². The van der Waals surface area contributed by atoms with Crippen LogP contribution in [0.3, 0.4) is 0 Å². The summed E-state index contributed by atoms with van der Waals surface area (Å²) in [5.41, 5.74) is 1.88. The van der Waals surface area contributed by atoms with Gasteiger partial charge in [0.1, 0.15) is 0 Å². The second-order valence-electron chi connectivity index (χ2n) is 5.40. The van der Waals surface area contributed by atoms with Crippen molar-refractivity contribution >= 4 is 0 Å². The van der Waals surface area contributed by atoms with Crippen LogP contribution < -0.4 is 0 Å². The molecule has 118 valence electrons. The topological polar surface area (TPSA) is 35.6 Å². The summed E-state index contributed by atoms with van der Waals surface area (Å²) in [6.07, 6.45) is 3.31. The quantitative estimate of drug-likeness (QED) is 0.837. The lowest BCUT2D eigenvalue weighted by molar-refractivity contribution is 0.0561. The number of rotatable bonds is 4. The fourth-order valence-electron chi connectivity index (χ4n) is 1.63. The fourth-order valence-corrected chi connectivity index (χ4v) is 1.63. The van der Waals surface area contributed by atoms with Gasteiger partial charge in [-0.1, -0.05) is 27.7 Å². The van der Waals surface area contributed by atoms with E-state index in [1.807, 2.05) is 24.7 Å². The van der Waals surface area contributed by atoms with Crippen LogP contribution in [0, 0.1) is 0 Å². The molecule has 0 fully saturated rings. The highest BCUT2D eigenvalue weighted by Crippen LogP contribution is 2.14. The zero-order valence-corrected chi connectivity index (χ0v) is 13.3. The number of aromatic nitrogens is 4. The Morgan fingerprint density at radius 2 is 1.48 bits per heavy atom. The van der Waals surface area contributed by atoms with E-state index in [1.165, 1.54) is 11.9 Å². The largest absolute Gasteiger partial charge is 0.333 e. The number of hydrogen-bond donors (Lipinski definition) is 0. The molecule has 4 nitrogen and oxygen atoms in total. The second kappa shape index (κ2) is 7.90. The van der Waals surface area contributed by atoms with E-state index in [0.717, 1.165) is 6.54 Å². The van der Waals surface area contributed by atoms with Crippen molar-refractivity contribution in [1.29, 1.82) is 0 Å². The first-order valence-electron chi connectivity index (χ1n) is 7.21. The number of aryl methyl sites for hydroxylation is 1. The Balaban J connectivity index is 0.000000211. The molecule has 0 saturated carbocycles. The lowest BCUT2D eigenvalue weighted by atomic mass is 10.1. The standard InChI is InChI=1S/C8H14N2.C7H10F2N2/c1-4-10-6-5-8(9-10)7(2)3;1-5(2)6-3-4-11(10-6)7(8)9/h5-7H,4H2,1-3H3;3-5,7H,1-2H3. The van der Waals surface area contributed by atoms with Crippen LogP contribution in [0.15, 0.2) is 24.5 Å². The third-order valence-electron chi connectivity index (χ3n) is 3.00. The molecule has 0 amide bonds. The highest BCUT2D eigenvalue weighted by Gasteiger charge is 2.08. The van der Waals surface area contributed by atoms with Gasteiger partial charge in [-0.25, -0.2) is 4.68 Å². The van der Waals surface area contributed by atoms with Crippen LogP contribution >= 0.6 is 0 Å². The molecule has 0 aromatic carbocycles. The first-order chi connectivity index (χ1) is 9.85. The smallest absolute Gasteiger partial charge is 0.273 e. The third kappa shape index (κ3) is 5.28. The number of nitrogens with zero attached hydrogens (tertiary/aromatic N) is 4. The summed E-state index contributed by atoms with van der Waals surface area (Å²) in [5, 5.41) is 8.02. The van der Waals surface area contributed by atoms with Crippen molar-refractivity contribution < 1.29 is 8.78 Å². The summed E-state index contributed by atoms with van der Waals surface area (Å²) < 4.78 is 26.5. The molecule has 0 aliphatic heterocycles. The summed E-state index contributed by atoms with van der Waals surface area (Å²) in [5.74, 6) is 0.753. The van der Waals surface area contributed by atoms with Gasteiger partial charge in [0.15, 0.2) is 0 Å². The number of alkyl halides is 2. The van der Waals surface area contributed by atoms with Gasteiger partial charge < -0.3 is 0 Å². The highest BCUT2D eigenvalue weighted by atomic mass is 19.3. The molecule has 6 heteroatoms. The minimum Gasteiger partial charge on any atom is -0.273 e. The van der Waals surface area contributed by atoms with Crippen LogP contribution in [0.4, 0.5) is 8.78 Å². The van der Waals surface area contributed by atoms with Crippen LogP contribution in [0.1, 0.15) is 64.4 Å². The fraction of sp³-hybridized carbons (Fsp3) is 0.600. The third-order valence-corrected chi connectivity index (χ3v) is 3.00. The van der Waals surface area contributed by atoms with Crippen LogP contribution in [-0.2, 0) is 6.54 Å². The molecular weight excluding hydrogens is 274 g/mol. The molecule has 2 rings (SSSR count). The molecule has 0 N–H and O–H groups in total. The molecule has 0 aliphatic carbocycles. The van der Waals surface area contributed by atoms with E-state index in [1.54, 1.807) is 6.07 Å². The van der Waals surface area contributed by atoms with Crippen molar-refractivity contribution in [3.63, 3.8) is 0 Å². The molecule has 2 aromatic heterocycles. The lowest BCUT2D eigenvalue weighted by Gasteiger charge is -1.99. The van der Waals surface area contributed by atoms with Gasteiger partial charge in [0.2, 0.25) is 0 Å². The Hall–Kier alpha value is -1.72. The van der Waals surface area contributed by atoms with Crippen LogP contribution in [0.2, 0.25) is 0 Å². The van der Waals surface area contributed by atoms with E-state index in [2.05, 4.69) is 37.0 Å². The Morgan fingerprint density at radius 1 is 0.952 bits per heavy atom. The predicted molar refractivity (Wildman–Crippen MR) is 79.6 cm³/mol. The average molecular weight is 298 g/mol. The summed E-state index contributed by atoms with van der Waals surface area (Å²) >= 11 is 0. The molecule has 0 bridgehead atoms. The molecule has 0 spiro atoms. The molecule has 0 unspecified atom stereocenters. The van der Waals surface area contributed by atoms with E-state index in [9.17, 15) is 8.78 Å². The van der Waals surface area contributed by atoms with E-state index < -0.39 is 6.55 Å². The second-order valence-corrected chi connectivity index (χ2v) is 5.40. The number of halogens is 2. The first kappa shape index (κ1) is 17.3. The van der Waals surface area contributed by atoms with Crippen LogP contribution in [0.25, 0.3) is 0 Å². The summed E-state index contributed by atoms with van der Waals surface area (Å²) in [4.78, 5) is 0. The summed E-state index contributed by atoms with van der Waals surface area (Å²) in [6, 6.07) is 3.69. The van der Waals surface area contributed by atoms with Crippen molar-refractivity contribution in [3.8, 4) is 0 Å². The Bertz CT molecular complexity index is 507. The Labute approximate surface area is 124 Å².